The van der Waals surface area contributed by atoms with Crippen LogP contribution in [0.3, 0.4) is 0 Å². The minimum Gasteiger partial charge on any atom is -0.454 e. The number of rotatable bonds is 6. The number of hydrogen-bond acceptors (Lipinski definition) is 7. The van der Waals surface area contributed by atoms with E-state index in [2.05, 4.69) is 20.8 Å². The summed E-state index contributed by atoms with van der Waals surface area (Å²) < 4.78 is 12.4. The van der Waals surface area contributed by atoms with Crippen LogP contribution in [0.15, 0.2) is 47.6 Å². The fraction of sp³-hybridized carbons (Fsp3) is 0.263. The molecule has 1 N–H and O–H groups in total. The van der Waals surface area contributed by atoms with Gasteiger partial charge in [-0.2, -0.15) is 4.68 Å². The largest absolute Gasteiger partial charge is 0.454 e. The van der Waals surface area contributed by atoms with Crippen LogP contribution in [0.4, 0.5) is 0 Å². The molecule has 28 heavy (non-hydrogen) atoms. The minimum absolute atomic E-state index is 0.102. The number of ether oxygens (including phenoxy) is 2. The van der Waals surface area contributed by atoms with Crippen molar-refractivity contribution >= 4 is 17.7 Å². The van der Waals surface area contributed by atoms with Crippen LogP contribution in [0.5, 0.6) is 11.5 Å². The Morgan fingerprint density at radius 3 is 2.93 bits per heavy atom. The van der Waals surface area contributed by atoms with Crippen molar-refractivity contribution in [2.75, 3.05) is 12.5 Å². The van der Waals surface area contributed by atoms with Crippen molar-refractivity contribution in [3.05, 3.63) is 53.6 Å². The fourth-order valence-corrected chi connectivity index (χ4v) is 3.60. The Morgan fingerprint density at radius 1 is 1.25 bits per heavy atom. The summed E-state index contributed by atoms with van der Waals surface area (Å²) in [6, 6.07) is 13.3. The molecular formula is C19H19N5O3S. The molecule has 8 nitrogen and oxygen atoms in total. The molecule has 9 heteroatoms. The lowest BCUT2D eigenvalue weighted by Gasteiger charge is -2.14. The molecule has 0 bridgehead atoms. The van der Waals surface area contributed by atoms with Crippen LogP contribution < -0.4 is 14.8 Å². The van der Waals surface area contributed by atoms with Gasteiger partial charge in [0.05, 0.1) is 17.5 Å². The highest BCUT2D eigenvalue weighted by molar-refractivity contribution is 7.99. The third-order valence-corrected chi connectivity index (χ3v) is 5.31. The van der Waals surface area contributed by atoms with Gasteiger partial charge in [0, 0.05) is 0 Å². The SMILES string of the molecule is Cc1ccccc1-n1nnnc1SCC(=O)N[C@@H](C)c1ccc2c(c1)OCO2. The summed E-state index contributed by atoms with van der Waals surface area (Å²) in [5.74, 6) is 1.53. The van der Waals surface area contributed by atoms with Crippen molar-refractivity contribution in [3.8, 4) is 17.2 Å². The summed E-state index contributed by atoms with van der Waals surface area (Å²) in [5.41, 5.74) is 2.90. The zero-order valence-corrected chi connectivity index (χ0v) is 16.3. The Morgan fingerprint density at radius 2 is 2.07 bits per heavy atom. The quantitative estimate of drug-likeness (QED) is 0.640. The summed E-state index contributed by atoms with van der Waals surface area (Å²) >= 11 is 1.29. The van der Waals surface area contributed by atoms with Crippen LogP contribution in [-0.4, -0.2) is 38.7 Å². The zero-order valence-electron chi connectivity index (χ0n) is 15.5. The second-order valence-electron chi connectivity index (χ2n) is 6.35. The third-order valence-electron chi connectivity index (χ3n) is 4.39. The molecule has 144 valence electrons. The number of carbonyl (C=O) groups excluding carboxylic acids is 1. The third kappa shape index (κ3) is 3.79. The number of benzene rings is 2. The minimum atomic E-state index is -0.157. The van der Waals surface area contributed by atoms with Crippen LogP contribution in [0.1, 0.15) is 24.1 Å². The molecule has 1 aliphatic heterocycles. The number of amides is 1. The average Bonchev–Trinajstić information content (AvgIpc) is 3.35. The standard InChI is InChI=1S/C19H19N5O3S/c1-12-5-3-4-6-15(12)24-19(21-22-23-24)28-10-18(25)20-13(2)14-7-8-16-17(9-14)27-11-26-16/h3-9,13H,10-11H2,1-2H3,(H,20,25)/t13-/m0/s1. The first-order valence-corrected chi connectivity index (χ1v) is 9.76. The van der Waals surface area contributed by atoms with Gasteiger partial charge in [-0.25, -0.2) is 0 Å². The number of fused-ring (bicyclic) bond motifs is 1. The van der Waals surface area contributed by atoms with E-state index in [0.717, 1.165) is 22.6 Å². The lowest BCUT2D eigenvalue weighted by atomic mass is 10.1. The van der Waals surface area contributed by atoms with Crippen LogP contribution in [0, 0.1) is 6.92 Å². The van der Waals surface area contributed by atoms with Crippen LogP contribution in [-0.2, 0) is 4.79 Å². The summed E-state index contributed by atoms with van der Waals surface area (Å²) in [4.78, 5) is 12.4. The Hall–Kier alpha value is -3.07. The highest BCUT2D eigenvalue weighted by atomic mass is 32.2. The van der Waals surface area contributed by atoms with E-state index in [1.54, 1.807) is 4.68 Å². The van der Waals surface area contributed by atoms with Gasteiger partial charge in [0.25, 0.3) is 0 Å². The highest BCUT2D eigenvalue weighted by Crippen LogP contribution is 2.34. The molecule has 0 spiro atoms. The predicted octanol–water partition coefficient (Wildman–Crippen LogP) is 2.67. The second-order valence-corrected chi connectivity index (χ2v) is 7.29. The molecule has 2 heterocycles. The van der Waals surface area contributed by atoms with Gasteiger partial charge in [0.1, 0.15) is 0 Å². The van der Waals surface area contributed by atoms with Gasteiger partial charge >= 0.3 is 0 Å². The lowest BCUT2D eigenvalue weighted by Crippen LogP contribution is -2.28. The topological polar surface area (TPSA) is 91.2 Å². The Kier molecular flexibility index (Phi) is 5.16. The first-order chi connectivity index (χ1) is 13.6. The maximum atomic E-state index is 12.4. The number of tetrazole rings is 1. The highest BCUT2D eigenvalue weighted by Gasteiger charge is 2.18. The second kappa shape index (κ2) is 7.89. The van der Waals surface area contributed by atoms with E-state index < -0.39 is 0 Å². The van der Waals surface area contributed by atoms with E-state index in [-0.39, 0.29) is 24.5 Å². The number of nitrogens with zero attached hydrogens (tertiary/aromatic N) is 4. The van der Waals surface area contributed by atoms with Crippen molar-refractivity contribution in [1.29, 1.82) is 0 Å². The first kappa shape index (κ1) is 18.3. The van der Waals surface area contributed by atoms with E-state index in [1.165, 1.54) is 11.8 Å². The van der Waals surface area contributed by atoms with Crippen LogP contribution >= 0.6 is 11.8 Å². The van der Waals surface area contributed by atoms with E-state index >= 15 is 0 Å². The van der Waals surface area contributed by atoms with Gasteiger partial charge in [0.15, 0.2) is 11.5 Å². The molecule has 2 aromatic carbocycles. The van der Waals surface area contributed by atoms with E-state index in [1.807, 2.05) is 56.3 Å². The maximum absolute atomic E-state index is 12.4. The summed E-state index contributed by atoms with van der Waals surface area (Å²) in [5, 5.41) is 15.4. The molecular weight excluding hydrogens is 378 g/mol. The lowest BCUT2D eigenvalue weighted by molar-refractivity contribution is -0.119. The number of hydrogen-bond donors (Lipinski definition) is 1. The number of carbonyl (C=O) groups is 1. The molecule has 0 saturated carbocycles. The van der Waals surface area contributed by atoms with Crippen molar-refractivity contribution < 1.29 is 14.3 Å². The monoisotopic (exact) mass is 397 g/mol. The molecule has 0 unspecified atom stereocenters. The molecule has 0 aliphatic carbocycles. The van der Waals surface area contributed by atoms with Gasteiger partial charge in [-0.15, -0.1) is 5.10 Å². The summed E-state index contributed by atoms with van der Waals surface area (Å²) in [7, 11) is 0. The van der Waals surface area contributed by atoms with Crippen molar-refractivity contribution in [1.82, 2.24) is 25.5 Å². The Bertz CT molecular complexity index is 1010. The number of aryl methyl sites for hydroxylation is 1. The van der Waals surface area contributed by atoms with Crippen LogP contribution in [0.25, 0.3) is 5.69 Å². The van der Waals surface area contributed by atoms with Gasteiger partial charge in [-0.05, 0) is 53.6 Å². The Labute approximate surface area is 166 Å². The normalized spacial score (nSPS) is 13.4. The molecule has 1 atom stereocenters. The molecule has 1 amide bonds. The smallest absolute Gasteiger partial charge is 0.231 e. The molecule has 3 aromatic rings. The number of nitrogens with one attached hydrogen (secondary N) is 1. The van der Waals surface area contributed by atoms with Crippen molar-refractivity contribution in [3.63, 3.8) is 0 Å². The van der Waals surface area contributed by atoms with Crippen LogP contribution in [0.2, 0.25) is 0 Å². The molecule has 4 rings (SSSR count). The van der Waals surface area contributed by atoms with Gasteiger partial charge in [0.2, 0.25) is 17.9 Å². The number of thioether (sulfide) groups is 1. The summed E-state index contributed by atoms with van der Waals surface area (Å²) in [6.45, 7) is 4.15. The average molecular weight is 397 g/mol. The van der Waals surface area contributed by atoms with Gasteiger partial charge < -0.3 is 14.8 Å². The molecule has 0 saturated heterocycles. The zero-order chi connectivity index (χ0) is 19.5. The molecule has 0 radical (unpaired) electrons. The van der Waals surface area contributed by atoms with Crippen molar-refractivity contribution in [2.24, 2.45) is 0 Å². The number of para-hydroxylation sites is 1. The van der Waals surface area contributed by atoms with E-state index in [4.69, 9.17) is 9.47 Å². The molecule has 0 fully saturated rings. The fourth-order valence-electron chi connectivity index (χ4n) is 2.90. The van der Waals surface area contributed by atoms with E-state index in [9.17, 15) is 4.79 Å². The maximum Gasteiger partial charge on any atom is 0.231 e. The van der Waals surface area contributed by atoms with Gasteiger partial charge in [-0.1, -0.05) is 36.0 Å². The molecule has 1 aliphatic rings. The summed E-state index contributed by atoms with van der Waals surface area (Å²) in [6.07, 6.45) is 0. The number of aromatic nitrogens is 4. The predicted molar refractivity (Wildman–Crippen MR) is 104 cm³/mol. The molecule has 1 aromatic heterocycles. The van der Waals surface area contributed by atoms with Crippen molar-refractivity contribution in [2.45, 2.75) is 25.0 Å². The van der Waals surface area contributed by atoms with Gasteiger partial charge in [-0.3, -0.25) is 4.79 Å². The van der Waals surface area contributed by atoms with E-state index in [0.29, 0.717) is 10.9 Å². The first-order valence-electron chi connectivity index (χ1n) is 8.78. The Balaban J connectivity index is 1.38.